The van der Waals surface area contributed by atoms with Gasteiger partial charge in [0.1, 0.15) is 11.7 Å². The van der Waals surface area contributed by atoms with Crippen LogP contribution in [0.15, 0.2) is 42.5 Å². The predicted octanol–water partition coefficient (Wildman–Crippen LogP) is 2.82. The fourth-order valence-electron chi connectivity index (χ4n) is 2.51. The quantitative estimate of drug-likeness (QED) is 0.327. The van der Waals surface area contributed by atoms with Crippen molar-refractivity contribution in [3.8, 4) is 0 Å². The maximum Gasteiger partial charge on any atom is 0.416 e. The van der Waals surface area contributed by atoms with Gasteiger partial charge in [0.2, 0.25) is 0 Å². The van der Waals surface area contributed by atoms with E-state index in [0.717, 1.165) is 12.1 Å². The van der Waals surface area contributed by atoms with Crippen molar-refractivity contribution in [3.05, 3.63) is 73.8 Å². The van der Waals surface area contributed by atoms with E-state index in [1.807, 2.05) is 5.32 Å². The SMILES string of the molecule is C[C@H](NC(=O)c1cccc([N+](=O)[O-])c1)C(=O)OCC(=O)Nc1ccc(C(F)(F)F)cc1[N+](=O)[O-]. The lowest BCUT2D eigenvalue weighted by Gasteiger charge is -2.14. The third-order valence-corrected chi connectivity index (χ3v) is 4.16. The number of esters is 1. The minimum atomic E-state index is -4.84. The van der Waals surface area contributed by atoms with Crippen molar-refractivity contribution < 1.29 is 42.1 Å². The largest absolute Gasteiger partial charge is 0.454 e. The molecule has 0 aliphatic heterocycles. The molecule has 0 spiro atoms. The van der Waals surface area contributed by atoms with Gasteiger partial charge in [0.05, 0.1) is 15.4 Å². The van der Waals surface area contributed by atoms with Crippen molar-refractivity contribution in [2.75, 3.05) is 11.9 Å². The molecule has 0 aromatic heterocycles. The third kappa shape index (κ3) is 6.72. The number of nitro groups is 2. The summed E-state index contributed by atoms with van der Waals surface area (Å²) >= 11 is 0. The molecule has 2 rings (SSSR count). The lowest BCUT2D eigenvalue weighted by Crippen LogP contribution is -2.40. The number of alkyl halides is 3. The molecule has 0 saturated heterocycles. The number of hydrogen-bond acceptors (Lipinski definition) is 8. The molecule has 2 N–H and O–H groups in total. The van der Waals surface area contributed by atoms with Crippen molar-refractivity contribution in [1.82, 2.24) is 5.32 Å². The van der Waals surface area contributed by atoms with Crippen LogP contribution < -0.4 is 10.6 Å². The maximum atomic E-state index is 12.7. The minimum absolute atomic E-state index is 0.110. The molecule has 0 unspecified atom stereocenters. The lowest BCUT2D eigenvalue weighted by molar-refractivity contribution is -0.384. The normalized spacial score (nSPS) is 11.8. The van der Waals surface area contributed by atoms with Crippen LogP contribution in [-0.2, 0) is 20.5 Å². The second kappa shape index (κ2) is 10.4. The van der Waals surface area contributed by atoms with Gasteiger partial charge in [0.25, 0.3) is 23.2 Å². The lowest BCUT2D eigenvalue weighted by atomic mass is 10.1. The highest BCUT2D eigenvalue weighted by Gasteiger charge is 2.33. The summed E-state index contributed by atoms with van der Waals surface area (Å²) in [5, 5.41) is 26.0. The number of benzene rings is 2. The Morgan fingerprint density at radius 1 is 1.06 bits per heavy atom. The zero-order valence-corrected chi connectivity index (χ0v) is 17.1. The van der Waals surface area contributed by atoms with E-state index in [1.165, 1.54) is 19.1 Å². The maximum absolute atomic E-state index is 12.7. The second-order valence-electron chi connectivity index (χ2n) is 6.65. The van der Waals surface area contributed by atoms with Crippen LogP contribution in [0, 0.1) is 20.2 Å². The number of nitrogens with zero attached hydrogens (tertiary/aromatic N) is 2. The summed E-state index contributed by atoms with van der Waals surface area (Å²) in [6.07, 6.45) is -4.84. The topological polar surface area (TPSA) is 171 Å². The van der Waals surface area contributed by atoms with Crippen LogP contribution in [0.2, 0.25) is 0 Å². The second-order valence-corrected chi connectivity index (χ2v) is 6.65. The Hall–Kier alpha value is -4.56. The summed E-state index contributed by atoms with van der Waals surface area (Å²) in [5.74, 6) is -3.01. The van der Waals surface area contributed by atoms with Crippen molar-refractivity contribution in [3.63, 3.8) is 0 Å². The van der Waals surface area contributed by atoms with Crippen LogP contribution in [0.25, 0.3) is 0 Å². The molecule has 0 aliphatic rings. The zero-order chi connectivity index (χ0) is 25.6. The number of ether oxygens (including phenoxy) is 1. The standard InChI is InChI=1S/C19H15F3N4O8/c1-10(23-17(28)11-3-2-4-13(7-11)25(30)31)18(29)34-9-16(27)24-14-6-5-12(19(20,21)22)8-15(14)26(32)33/h2-8,10H,9H2,1H3,(H,23,28)(H,24,27)/t10-/m0/s1. The van der Waals surface area contributed by atoms with E-state index in [9.17, 15) is 47.8 Å². The van der Waals surface area contributed by atoms with Crippen molar-refractivity contribution >= 4 is 34.8 Å². The van der Waals surface area contributed by atoms with Gasteiger partial charge in [0.15, 0.2) is 6.61 Å². The molecule has 0 fully saturated rings. The molecule has 2 aromatic carbocycles. The van der Waals surface area contributed by atoms with Crippen LogP contribution in [0.3, 0.4) is 0 Å². The third-order valence-electron chi connectivity index (χ3n) is 4.16. The van der Waals surface area contributed by atoms with E-state index >= 15 is 0 Å². The number of nitrogens with one attached hydrogen (secondary N) is 2. The van der Waals surface area contributed by atoms with Gasteiger partial charge in [-0.15, -0.1) is 0 Å². The highest BCUT2D eigenvalue weighted by molar-refractivity contribution is 5.98. The number of non-ortho nitro benzene ring substituents is 1. The Balaban J connectivity index is 1.96. The Bertz CT molecular complexity index is 1150. The number of carbonyl (C=O) groups is 3. The van der Waals surface area contributed by atoms with Crippen LogP contribution in [0.4, 0.5) is 30.2 Å². The Morgan fingerprint density at radius 3 is 2.32 bits per heavy atom. The van der Waals surface area contributed by atoms with Crippen LogP contribution in [-0.4, -0.2) is 40.3 Å². The van der Waals surface area contributed by atoms with E-state index in [4.69, 9.17) is 4.74 Å². The fourth-order valence-corrected chi connectivity index (χ4v) is 2.51. The number of amides is 2. The van der Waals surface area contributed by atoms with E-state index < -0.39 is 63.4 Å². The molecule has 15 heteroatoms. The first-order chi connectivity index (χ1) is 15.8. The number of hydrogen-bond donors (Lipinski definition) is 2. The van der Waals surface area contributed by atoms with Gasteiger partial charge >= 0.3 is 12.1 Å². The van der Waals surface area contributed by atoms with Crippen LogP contribution in [0.5, 0.6) is 0 Å². The minimum Gasteiger partial charge on any atom is -0.454 e. The molecule has 2 aromatic rings. The number of rotatable bonds is 8. The average Bonchev–Trinajstić information content (AvgIpc) is 2.76. The van der Waals surface area contributed by atoms with Crippen molar-refractivity contribution in [2.45, 2.75) is 19.1 Å². The van der Waals surface area contributed by atoms with Crippen molar-refractivity contribution in [1.29, 1.82) is 0 Å². The smallest absolute Gasteiger partial charge is 0.416 e. The number of halogens is 3. The molecule has 0 heterocycles. The van der Waals surface area contributed by atoms with Gasteiger partial charge in [-0.25, -0.2) is 4.79 Å². The Labute approximate surface area is 188 Å². The highest BCUT2D eigenvalue weighted by atomic mass is 19.4. The molecular formula is C19H15F3N4O8. The van der Waals surface area contributed by atoms with Gasteiger partial charge in [-0.05, 0) is 25.1 Å². The van der Waals surface area contributed by atoms with Crippen LogP contribution >= 0.6 is 0 Å². The number of nitro benzene ring substituents is 2. The molecular weight excluding hydrogens is 469 g/mol. The molecule has 2 amide bonds. The van der Waals surface area contributed by atoms with E-state index in [2.05, 4.69) is 5.32 Å². The van der Waals surface area contributed by atoms with Gasteiger partial charge in [0, 0.05) is 23.8 Å². The van der Waals surface area contributed by atoms with Gasteiger partial charge in [-0.3, -0.25) is 29.8 Å². The molecule has 0 saturated carbocycles. The number of carbonyl (C=O) groups excluding carboxylic acids is 3. The molecule has 180 valence electrons. The summed E-state index contributed by atoms with van der Waals surface area (Å²) in [7, 11) is 0. The van der Waals surface area contributed by atoms with Gasteiger partial charge < -0.3 is 15.4 Å². The Kier molecular flexibility index (Phi) is 7.84. The van der Waals surface area contributed by atoms with Crippen LogP contribution in [0.1, 0.15) is 22.8 Å². The summed E-state index contributed by atoms with van der Waals surface area (Å²) in [4.78, 5) is 56.1. The zero-order valence-electron chi connectivity index (χ0n) is 17.1. The molecule has 0 bridgehead atoms. The van der Waals surface area contributed by atoms with Crippen molar-refractivity contribution in [2.24, 2.45) is 0 Å². The summed E-state index contributed by atoms with van der Waals surface area (Å²) in [6, 6.07) is 4.84. The summed E-state index contributed by atoms with van der Waals surface area (Å²) in [6.45, 7) is 0.240. The first kappa shape index (κ1) is 25.7. The van der Waals surface area contributed by atoms with E-state index in [0.29, 0.717) is 12.1 Å². The van der Waals surface area contributed by atoms with E-state index in [-0.39, 0.29) is 17.3 Å². The molecule has 1 atom stereocenters. The first-order valence-corrected chi connectivity index (χ1v) is 9.17. The van der Waals surface area contributed by atoms with Gasteiger partial charge in [-0.2, -0.15) is 13.2 Å². The highest BCUT2D eigenvalue weighted by Crippen LogP contribution is 2.34. The van der Waals surface area contributed by atoms with E-state index in [1.54, 1.807) is 0 Å². The predicted molar refractivity (Wildman–Crippen MR) is 108 cm³/mol. The van der Waals surface area contributed by atoms with Gasteiger partial charge in [-0.1, -0.05) is 6.07 Å². The summed E-state index contributed by atoms with van der Waals surface area (Å²) < 4.78 is 42.9. The first-order valence-electron chi connectivity index (χ1n) is 9.17. The average molecular weight is 484 g/mol. The molecule has 0 radical (unpaired) electrons. The summed E-state index contributed by atoms with van der Waals surface area (Å²) in [5.41, 5.74) is -3.33. The molecule has 12 nitrogen and oxygen atoms in total. The number of anilines is 1. The Morgan fingerprint density at radius 2 is 1.74 bits per heavy atom. The fraction of sp³-hybridized carbons (Fsp3) is 0.211. The monoisotopic (exact) mass is 484 g/mol. The molecule has 34 heavy (non-hydrogen) atoms. The molecule has 0 aliphatic carbocycles.